The normalized spacial score (nSPS) is 20.9. The maximum atomic E-state index is 11.3. The number of primary sulfonamides is 1. The van der Waals surface area contributed by atoms with Crippen LogP contribution in [0.15, 0.2) is 4.90 Å². The fourth-order valence-electron chi connectivity index (χ4n) is 1.69. The molecule has 0 saturated carbocycles. The number of aromatic nitrogens is 2. The van der Waals surface area contributed by atoms with Crippen molar-refractivity contribution in [2.75, 3.05) is 0 Å². The van der Waals surface area contributed by atoms with Crippen LogP contribution in [-0.2, 0) is 16.6 Å². The number of aryl methyl sites for hydroxylation is 2. The molecule has 0 spiro atoms. The van der Waals surface area contributed by atoms with E-state index in [1.54, 1.807) is 11.6 Å². The third kappa shape index (κ3) is 1.72. The molecule has 1 aromatic heterocycles. The Morgan fingerprint density at radius 2 is 2.27 bits per heavy atom. The van der Waals surface area contributed by atoms with Crippen LogP contribution in [0.25, 0.3) is 0 Å². The van der Waals surface area contributed by atoms with E-state index in [0.717, 1.165) is 6.42 Å². The zero-order chi connectivity index (χ0) is 11.2. The van der Waals surface area contributed by atoms with Crippen LogP contribution in [0.3, 0.4) is 0 Å². The second-order valence-corrected chi connectivity index (χ2v) is 5.20. The summed E-state index contributed by atoms with van der Waals surface area (Å²) in [7, 11) is -3.76. The highest BCUT2D eigenvalue weighted by atomic mass is 32.2. The van der Waals surface area contributed by atoms with Gasteiger partial charge in [-0.05, 0) is 13.8 Å². The highest BCUT2D eigenvalue weighted by Gasteiger charge is 2.29. The van der Waals surface area contributed by atoms with Gasteiger partial charge in [-0.3, -0.25) is 0 Å². The molecule has 1 aliphatic rings. The molecule has 2 N–H and O–H groups in total. The van der Waals surface area contributed by atoms with Crippen molar-refractivity contribution in [3.05, 3.63) is 5.69 Å². The van der Waals surface area contributed by atoms with E-state index in [1.165, 1.54) is 0 Å². The second-order valence-electron chi connectivity index (χ2n) is 3.70. The van der Waals surface area contributed by atoms with Crippen LogP contribution in [0.5, 0.6) is 5.88 Å². The molecule has 0 aromatic carbocycles. The van der Waals surface area contributed by atoms with Gasteiger partial charge in [0, 0.05) is 13.0 Å². The third-order valence-electron chi connectivity index (χ3n) is 2.37. The van der Waals surface area contributed by atoms with Crippen molar-refractivity contribution in [1.82, 2.24) is 9.78 Å². The predicted molar refractivity (Wildman–Crippen MR) is 53.0 cm³/mol. The molecule has 0 saturated heterocycles. The van der Waals surface area contributed by atoms with Gasteiger partial charge in [-0.25, -0.2) is 18.2 Å². The number of hydrogen-bond acceptors (Lipinski definition) is 4. The molecule has 1 atom stereocenters. The van der Waals surface area contributed by atoms with Gasteiger partial charge in [0.05, 0.1) is 11.8 Å². The minimum atomic E-state index is -3.76. The van der Waals surface area contributed by atoms with E-state index in [4.69, 9.17) is 9.88 Å². The van der Waals surface area contributed by atoms with Crippen molar-refractivity contribution in [3.8, 4) is 5.88 Å². The maximum absolute atomic E-state index is 11.3. The van der Waals surface area contributed by atoms with E-state index in [1.807, 2.05) is 6.92 Å². The molecular weight excluding hydrogens is 218 g/mol. The van der Waals surface area contributed by atoms with Crippen molar-refractivity contribution in [2.24, 2.45) is 5.14 Å². The summed E-state index contributed by atoms with van der Waals surface area (Å²) >= 11 is 0. The molecule has 0 radical (unpaired) electrons. The van der Waals surface area contributed by atoms with Gasteiger partial charge in [0.2, 0.25) is 15.9 Å². The van der Waals surface area contributed by atoms with Crippen LogP contribution >= 0.6 is 0 Å². The molecule has 0 fully saturated rings. The fourth-order valence-corrected chi connectivity index (χ4v) is 2.54. The van der Waals surface area contributed by atoms with Gasteiger partial charge < -0.3 is 4.74 Å². The molecule has 0 bridgehead atoms. The summed E-state index contributed by atoms with van der Waals surface area (Å²) in [5.41, 5.74) is 0.390. The van der Waals surface area contributed by atoms with Gasteiger partial charge in [0.1, 0.15) is 0 Å². The molecule has 1 unspecified atom stereocenters. The van der Waals surface area contributed by atoms with E-state index >= 15 is 0 Å². The fraction of sp³-hybridized carbons (Fsp3) is 0.625. The lowest BCUT2D eigenvalue weighted by Gasteiger charge is -2.21. The average Bonchev–Trinajstić information content (AvgIpc) is 2.38. The average molecular weight is 231 g/mol. The Kier molecular flexibility index (Phi) is 2.23. The van der Waals surface area contributed by atoms with E-state index in [9.17, 15) is 8.42 Å². The number of rotatable bonds is 1. The SMILES string of the molecule is Cc1nn2c(c1S(N)(=O)=O)OC(C)CC2. The Bertz CT molecular complexity index is 491. The largest absolute Gasteiger partial charge is 0.474 e. The van der Waals surface area contributed by atoms with Crippen molar-refractivity contribution >= 4 is 10.0 Å². The first kappa shape index (κ1) is 10.4. The van der Waals surface area contributed by atoms with Gasteiger partial charge >= 0.3 is 0 Å². The Labute approximate surface area is 88.1 Å². The number of ether oxygens (including phenoxy) is 1. The van der Waals surface area contributed by atoms with Crippen molar-refractivity contribution in [2.45, 2.75) is 37.8 Å². The van der Waals surface area contributed by atoms with Gasteiger partial charge in [-0.1, -0.05) is 0 Å². The van der Waals surface area contributed by atoms with Gasteiger partial charge in [-0.2, -0.15) is 5.10 Å². The van der Waals surface area contributed by atoms with Crippen LogP contribution in [0.4, 0.5) is 0 Å². The number of fused-ring (bicyclic) bond motifs is 1. The summed E-state index contributed by atoms with van der Waals surface area (Å²) in [6.07, 6.45) is 0.812. The summed E-state index contributed by atoms with van der Waals surface area (Å²) < 4.78 is 29.7. The van der Waals surface area contributed by atoms with Gasteiger partial charge in [-0.15, -0.1) is 0 Å². The Morgan fingerprint density at radius 1 is 1.60 bits per heavy atom. The van der Waals surface area contributed by atoms with Crippen LogP contribution in [0.1, 0.15) is 19.0 Å². The molecular formula is C8H13N3O3S. The number of nitrogens with two attached hydrogens (primary N) is 1. The zero-order valence-electron chi connectivity index (χ0n) is 8.60. The van der Waals surface area contributed by atoms with Gasteiger partial charge in [0.15, 0.2) is 4.90 Å². The quantitative estimate of drug-likeness (QED) is 0.737. The second kappa shape index (κ2) is 3.21. The van der Waals surface area contributed by atoms with E-state index in [-0.39, 0.29) is 16.9 Å². The minimum absolute atomic E-state index is 0.00546. The first-order chi connectivity index (χ1) is 6.89. The molecule has 1 aromatic rings. The molecule has 2 rings (SSSR count). The predicted octanol–water partition coefficient (Wildman–Crippen LogP) is 0.00992. The van der Waals surface area contributed by atoms with Crippen molar-refractivity contribution in [3.63, 3.8) is 0 Å². The zero-order valence-corrected chi connectivity index (χ0v) is 9.41. The van der Waals surface area contributed by atoms with E-state index < -0.39 is 10.0 Å². The number of nitrogens with zero attached hydrogens (tertiary/aromatic N) is 2. The summed E-state index contributed by atoms with van der Waals surface area (Å²) in [4.78, 5) is 0.00838. The topological polar surface area (TPSA) is 87.2 Å². The molecule has 7 heteroatoms. The number of hydrogen-bond donors (Lipinski definition) is 1. The minimum Gasteiger partial charge on any atom is -0.474 e. The highest BCUT2D eigenvalue weighted by Crippen LogP contribution is 2.30. The highest BCUT2D eigenvalue weighted by molar-refractivity contribution is 7.89. The first-order valence-electron chi connectivity index (χ1n) is 4.66. The molecule has 2 heterocycles. The van der Waals surface area contributed by atoms with Gasteiger partial charge in [0.25, 0.3) is 0 Å². The molecule has 1 aliphatic heterocycles. The summed E-state index contributed by atoms with van der Waals surface area (Å²) in [5.74, 6) is 0.272. The lowest BCUT2D eigenvalue weighted by atomic mass is 10.2. The molecule has 15 heavy (non-hydrogen) atoms. The van der Waals surface area contributed by atoms with E-state index in [2.05, 4.69) is 5.10 Å². The maximum Gasteiger partial charge on any atom is 0.245 e. The summed E-state index contributed by atoms with van der Waals surface area (Å²) in [5, 5.41) is 9.20. The number of sulfonamides is 1. The standard InChI is InChI=1S/C8H13N3O3S/c1-5-3-4-11-8(14-5)7(6(2)10-11)15(9,12)13/h5H,3-4H2,1-2H3,(H2,9,12,13). The Balaban J connectivity index is 2.61. The van der Waals surface area contributed by atoms with Crippen molar-refractivity contribution in [1.29, 1.82) is 0 Å². The Hall–Kier alpha value is -1.08. The lowest BCUT2D eigenvalue weighted by Crippen LogP contribution is -2.25. The van der Waals surface area contributed by atoms with Crippen LogP contribution in [0, 0.1) is 6.92 Å². The summed E-state index contributed by atoms with van der Waals surface area (Å²) in [6.45, 7) is 4.16. The third-order valence-corrected chi connectivity index (χ3v) is 3.41. The summed E-state index contributed by atoms with van der Waals surface area (Å²) in [6, 6.07) is 0. The molecule has 6 nitrogen and oxygen atoms in total. The lowest BCUT2D eigenvalue weighted by molar-refractivity contribution is 0.144. The molecule has 0 amide bonds. The smallest absolute Gasteiger partial charge is 0.245 e. The van der Waals surface area contributed by atoms with Crippen LogP contribution in [0.2, 0.25) is 0 Å². The molecule has 0 aliphatic carbocycles. The first-order valence-corrected chi connectivity index (χ1v) is 6.21. The van der Waals surface area contributed by atoms with Crippen LogP contribution in [-0.4, -0.2) is 24.3 Å². The monoisotopic (exact) mass is 231 g/mol. The molecule has 84 valence electrons. The van der Waals surface area contributed by atoms with Crippen molar-refractivity contribution < 1.29 is 13.2 Å². The van der Waals surface area contributed by atoms with E-state index in [0.29, 0.717) is 12.2 Å². The Morgan fingerprint density at radius 3 is 2.87 bits per heavy atom. The van der Waals surface area contributed by atoms with Crippen LogP contribution < -0.4 is 9.88 Å².